The SMILES string of the molecule is CC(C)(C)OC(=O)N1C2CCC1C(COC=O)=C(OS(=O)(=O)C(F)(F)F)C2. The van der Waals surface area contributed by atoms with E-state index in [1.165, 1.54) is 4.90 Å². The van der Waals surface area contributed by atoms with E-state index in [1.54, 1.807) is 20.8 Å². The van der Waals surface area contributed by atoms with Gasteiger partial charge in [-0.1, -0.05) is 0 Å². The van der Waals surface area contributed by atoms with Gasteiger partial charge >= 0.3 is 21.7 Å². The molecule has 154 valence electrons. The predicted octanol–water partition coefficient (Wildman–Crippen LogP) is 2.45. The van der Waals surface area contributed by atoms with Crippen LogP contribution >= 0.6 is 0 Å². The average Bonchev–Trinajstić information content (AvgIpc) is 2.80. The van der Waals surface area contributed by atoms with Crippen LogP contribution in [0.4, 0.5) is 18.0 Å². The fraction of sp³-hybridized carbons (Fsp3) is 0.733. The zero-order valence-electron chi connectivity index (χ0n) is 14.9. The largest absolute Gasteiger partial charge is 0.534 e. The van der Waals surface area contributed by atoms with Crippen LogP contribution in [0.3, 0.4) is 0 Å². The van der Waals surface area contributed by atoms with Crippen molar-refractivity contribution in [3.8, 4) is 0 Å². The van der Waals surface area contributed by atoms with Crippen molar-refractivity contribution in [3.63, 3.8) is 0 Å². The molecular weight excluding hydrogens is 395 g/mol. The van der Waals surface area contributed by atoms with Gasteiger partial charge in [0.15, 0.2) is 0 Å². The van der Waals surface area contributed by atoms with E-state index in [9.17, 15) is 31.2 Å². The van der Waals surface area contributed by atoms with Crippen molar-refractivity contribution in [2.75, 3.05) is 6.61 Å². The van der Waals surface area contributed by atoms with Gasteiger partial charge in [0, 0.05) is 18.0 Å². The summed E-state index contributed by atoms with van der Waals surface area (Å²) in [5.41, 5.74) is -6.40. The van der Waals surface area contributed by atoms with Gasteiger partial charge in [0.05, 0.1) is 6.04 Å². The summed E-state index contributed by atoms with van der Waals surface area (Å²) >= 11 is 0. The maximum absolute atomic E-state index is 12.7. The molecule has 1 saturated heterocycles. The topological polar surface area (TPSA) is 99.2 Å². The number of amides is 1. The Morgan fingerprint density at radius 3 is 2.41 bits per heavy atom. The van der Waals surface area contributed by atoms with Crippen molar-refractivity contribution in [1.82, 2.24) is 4.90 Å². The standard InChI is InChI=1S/C15H20F3NO7S/c1-14(2,3)25-13(21)19-9-4-5-11(19)10(7-24-8-20)12(6-9)26-27(22,23)15(16,17)18/h8-9,11H,4-7H2,1-3H3. The Morgan fingerprint density at radius 2 is 1.89 bits per heavy atom. The molecule has 2 heterocycles. The van der Waals surface area contributed by atoms with Gasteiger partial charge in [-0.15, -0.1) is 0 Å². The lowest BCUT2D eigenvalue weighted by atomic mass is 10.0. The van der Waals surface area contributed by atoms with Crippen molar-refractivity contribution in [2.45, 2.75) is 63.2 Å². The van der Waals surface area contributed by atoms with Gasteiger partial charge in [0.1, 0.15) is 18.0 Å². The number of carbonyl (C=O) groups excluding carboxylic acids is 2. The van der Waals surface area contributed by atoms with E-state index < -0.39 is 51.8 Å². The van der Waals surface area contributed by atoms with Crippen molar-refractivity contribution >= 4 is 22.7 Å². The molecule has 1 fully saturated rings. The van der Waals surface area contributed by atoms with Crippen LogP contribution in [0, 0.1) is 0 Å². The third kappa shape index (κ3) is 4.66. The molecule has 0 saturated carbocycles. The lowest BCUT2D eigenvalue weighted by Crippen LogP contribution is -2.48. The number of nitrogens with zero attached hydrogens (tertiary/aromatic N) is 1. The summed E-state index contributed by atoms with van der Waals surface area (Å²) in [6.07, 6.45) is -0.188. The minimum Gasteiger partial charge on any atom is -0.463 e. The Balaban J connectivity index is 2.37. The molecule has 0 spiro atoms. The van der Waals surface area contributed by atoms with Gasteiger partial charge in [-0.2, -0.15) is 21.6 Å². The first kappa shape index (κ1) is 21.3. The van der Waals surface area contributed by atoms with E-state index in [0.29, 0.717) is 12.8 Å². The molecule has 27 heavy (non-hydrogen) atoms. The van der Waals surface area contributed by atoms with Crippen LogP contribution in [0.25, 0.3) is 0 Å². The maximum Gasteiger partial charge on any atom is 0.534 e. The first-order valence-corrected chi connectivity index (χ1v) is 9.47. The number of halogens is 3. The predicted molar refractivity (Wildman–Crippen MR) is 84.6 cm³/mol. The minimum absolute atomic E-state index is 0.00506. The number of fused-ring (bicyclic) bond motifs is 2. The highest BCUT2D eigenvalue weighted by Crippen LogP contribution is 2.42. The Morgan fingerprint density at radius 1 is 1.26 bits per heavy atom. The van der Waals surface area contributed by atoms with E-state index >= 15 is 0 Å². The van der Waals surface area contributed by atoms with Crippen LogP contribution in [-0.2, 0) is 28.6 Å². The van der Waals surface area contributed by atoms with Crippen LogP contribution < -0.4 is 0 Å². The number of hydrogen-bond donors (Lipinski definition) is 0. The summed E-state index contributed by atoms with van der Waals surface area (Å²) in [7, 11) is -5.88. The molecule has 2 rings (SSSR count). The number of alkyl halides is 3. The summed E-state index contributed by atoms with van der Waals surface area (Å²) in [4.78, 5) is 24.3. The molecule has 0 aromatic carbocycles. The first-order chi connectivity index (χ1) is 12.3. The third-order valence-corrected chi connectivity index (χ3v) is 5.08. The van der Waals surface area contributed by atoms with Crippen molar-refractivity contribution in [3.05, 3.63) is 11.3 Å². The normalized spacial score (nSPS) is 23.3. The summed E-state index contributed by atoms with van der Waals surface area (Å²) in [5.74, 6) is -0.457. The smallest absolute Gasteiger partial charge is 0.463 e. The molecule has 8 nitrogen and oxygen atoms in total. The van der Waals surface area contributed by atoms with E-state index in [1.807, 2.05) is 0 Å². The number of rotatable bonds is 5. The van der Waals surface area contributed by atoms with E-state index in [2.05, 4.69) is 8.92 Å². The zero-order valence-corrected chi connectivity index (χ0v) is 15.7. The fourth-order valence-electron chi connectivity index (χ4n) is 3.12. The number of carbonyl (C=O) groups is 2. The Bertz CT molecular complexity index is 739. The highest BCUT2D eigenvalue weighted by Gasteiger charge is 2.52. The van der Waals surface area contributed by atoms with Gasteiger partial charge in [0.2, 0.25) is 0 Å². The molecule has 2 bridgehead atoms. The molecule has 1 amide bonds. The van der Waals surface area contributed by atoms with Crippen LogP contribution in [-0.4, -0.2) is 55.7 Å². The average molecular weight is 415 g/mol. The highest BCUT2D eigenvalue weighted by atomic mass is 32.2. The van der Waals surface area contributed by atoms with Crippen LogP contribution in [0.1, 0.15) is 40.0 Å². The second-order valence-corrected chi connectivity index (χ2v) is 8.72. The second-order valence-electron chi connectivity index (χ2n) is 7.18. The van der Waals surface area contributed by atoms with Crippen LogP contribution in [0.15, 0.2) is 11.3 Å². The molecule has 2 aliphatic rings. The van der Waals surface area contributed by atoms with Gasteiger partial charge in [-0.05, 0) is 33.6 Å². The van der Waals surface area contributed by atoms with E-state index in [4.69, 9.17) is 4.74 Å². The molecule has 0 aliphatic carbocycles. The summed E-state index contributed by atoms with van der Waals surface area (Å²) in [6, 6.07) is -1.36. The van der Waals surface area contributed by atoms with Gasteiger partial charge in [-0.25, -0.2) is 4.79 Å². The quantitative estimate of drug-likeness (QED) is 0.386. The summed E-state index contributed by atoms with van der Waals surface area (Å²) < 4.78 is 75.0. The first-order valence-electron chi connectivity index (χ1n) is 8.06. The molecule has 0 radical (unpaired) electrons. The molecule has 0 N–H and O–H groups in total. The molecule has 0 aromatic heterocycles. The van der Waals surface area contributed by atoms with E-state index in [-0.39, 0.29) is 18.5 Å². The number of ether oxygens (including phenoxy) is 2. The molecule has 2 aliphatic heterocycles. The number of hydrogen-bond acceptors (Lipinski definition) is 7. The lowest BCUT2D eigenvalue weighted by Gasteiger charge is -2.37. The monoisotopic (exact) mass is 415 g/mol. The Hall–Kier alpha value is -1.98. The second kappa shape index (κ2) is 7.21. The van der Waals surface area contributed by atoms with Crippen LogP contribution in [0.2, 0.25) is 0 Å². The van der Waals surface area contributed by atoms with Crippen molar-refractivity contribution in [1.29, 1.82) is 0 Å². The van der Waals surface area contributed by atoms with Gasteiger partial charge in [-0.3, -0.25) is 9.69 Å². The maximum atomic E-state index is 12.7. The van der Waals surface area contributed by atoms with Gasteiger partial charge in [0.25, 0.3) is 6.47 Å². The van der Waals surface area contributed by atoms with Crippen molar-refractivity contribution in [2.24, 2.45) is 0 Å². The Kier molecular flexibility index (Phi) is 5.69. The summed E-state index contributed by atoms with van der Waals surface area (Å²) in [5, 5.41) is 0. The molecule has 0 aromatic rings. The summed E-state index contributed by atoms with van der Waals surface area (Å²) in [6.45, 7) is 4.55. The van der Waals surface area contributed by atoms with E-state index in [0.717, 1.165) is 0 Å². The third-order valence-electron chi connectivity index (χ3n) is 4.09. The highest BCUT2D eigenvalue weighted by molar-refractivity contribution is 7.87. The van der Waals surface area contributed by atoms with Gasteiger partial charge < -0.3 is 13.7 Å². The minimum atomic E-state index is -5.88. The molecular formula is C15H20F3NO7S. The van der Waals surface area contributed by atoms with Crippen molar-refractivity contribution < 1.29 is 44.8 Å². The van der Waals surface area contributed by atoms with Crippen LogP contribution in [0.5, 0.6) is 0 Å². The molecule has 12 heteroatoms. The molecule has 2 unspecified atom stereocenters. The molecule has 2 atom stereocenters. The Labute approximate surface area is 154 Å². The lowest BCUT2D eigenvalue weighted by molar-refractivity contribution is -0.128. The fourth-order valence-corrected chi connectivity index (χ4v) is 3.65. The zero-order chi connectivity index (χ0) is 20.6.